The largest absolute Gasteiger partial charge is 0.483 e. The third-order valence-corrected chi connectivity index (χ3v) is 7.37. The molecule has 0 spiro atoms. The first-order valence-corrected chi connectivity index (χ1v) is 12.7. The third-order valence-electron chi connectivity index (χ3n) is 7.12. The van der Waals surface area contributed by atoms with Crippen molar-refractivity contribution in [3.8, 4) is 5.75 Å². The van der Waals surface area contributed by atoms with Crippen molar-refractivity contribution in [1.29, 1.82) is 0 Å². The summed E-state index contributed by atoms with van der Waals surface area (Å²) in [5.41, 5.74) is -0.506. The summed E-state index contributed by atoms with van der Waals surface area (Å²) in [5.74, 6) is -2.00. The summed E-state index contributed by atoms with van der Waals surface area (Å²) in [6.07, 6.45) is 0.334. The maximum atomic E-state index is 13.5. The Hall–Kier alpha value is -3.10. The summed E-state index contributed by atoms with van der Waals surface area (Å²) in [4.78, 5) is 39.4. The minimum Gasteiger partial charge on any atom is -0.483 e. The van der Waals surface area contributed by atoms with Gasteiger partial charge in [-0.15, -0.1) is 0 Å². The lowest BCUT2D eigenvalue weighted by Gasteiger charge is -2.51. The first-order valence-electron chi connectivity index (χ1n) is 12.3. The van der Waals surface area contributed by atoms with Crippen molar-refractivity contribution in [2.24, 2.45) is 11.3 Å². The van der Waals surface area contributed by atoms with Gasteiger partial charge in [0.05, 0.1) is 5.60 Å². The molecule has 1 aliphatic rings. The SMILES string of the molecule is Cc1cccc(C(=O)O)c1OCC(=O)N[C@@H](C(=O)N1CC[C@](O)(c2ccc(Cl)cc2)C(C)(C)C1)C(C)C. The number of hydrogen-bond donors (Lipinski definition) is 3. The van der Waals surface area contributed by atoms with Crippen molar-refractivity contribution < 1.29 is 29.3 Å². The molecule has 2 aromatic rings. The first kappa shape index (κ1) is 28.5. The predicted octanol–water partition coefficient (Wildman–Crippen LogP) is 4.01. The molecule has 0 saturated carbocycles. The van der Waals surface area contributed by atoms with Crippen molar-refractivity contribution in [3.05, 3.63) is 64.2 Å². The van der Waals surface area contributed by atoms with Crippen LogP contribution in [0.4, 0.5) is 0 Å². The maximum Gasteiger partial charge on any atom is 0.339 e. The number of hydrogen-bond acceptors (Lipinski definition) is 5. The number of likely N-dealkylation sites (tertiary alicyclic amines) is 1. The van der Waals surface area contributed by atoms with Crippen molar-refractivity contribution in [3.63, 3.8) is 0 Å². The zero-order chi connectivity index (χ0) is 27.5. The van der Waals surface area contributed by atoms with Gasteiger partial charge in [0.2, 0.25) is 5.91 Å². The molecule has 0 unspecified atom stereocenters. The van der Waals surface area contributed by atoms with E-state index in [1.54, 1.807) is 36.1 Å². The van der Waals surface area contributed by atoms with Crippen LogP contribution >= 0.6 is 11.6 Å². The predicted molar refractivity (Wildman–Crippen MR) is 141 cm³/mol. The molecule has 200 valence electrons. The number of aliphatic hydroxyl groups is 1. The van der Waals surface area contributed by atoms with E-state index in [0.717, 1.165) is 5.56 Å². The highest BCUT2D eigenvalue weighted by atomic mass is 35.5. The van der Waals surface area contributed by atoms with Crippen molar-refractivity contribution in [1.82, 2.24) is 10.2 Å². The molecule has 2 aromatic carbocycles. The topological polar surface area (TPSA) is 116 Å². The molecule has 37 heavy (non-hydrogen) atoms. The van der Waals surface area contributed by atoms with Gasteiger partial charge >= 0.3 is 5.97 Å². The van der Waals surface area contributed by atoms with E-state index in [0.29, 0.717) is 30.1 Å². The average Bonchev–Trinajstić information content (AvgIpc) is 2.83. The second-order valence-electron chi connectivity index (χ2n) is 10.6. The number of ether oxygens (including phenoxy) is 1. The second-order valence-corrected chi connectivity index (χ2v) is 11.0. The number of carboxylic acid groups (broad SMARTS) is 1. The Kier molecular flexibility index (Phi) is 8.55. The Morgan fingerprint density at radius 2 is 1.78 bits per heavy atom. The van der Waals surface area contributed by atoms with Gasteiger partial charge in [-0.05, 0) is 48.6 Å². The highest BCUT2D eigenvalue weighted by Crippen LogP contribution is 2.46. The number of carboxylic acids is 1. The molecule has 8 nitrogen and oxygen atoms in total. The van der Waals surface area contributed by atoms with E-state index in [1.807, 2.05) is 39.8 Å². The molecule has 0 aromatic heterocycles. The molecular weight excluding hydrogens is 496 g/mol. The van der Waals surface area contributed by atoms with Crippen molar-refractivity contribution >= 4 is 29.4 Å². The van der Waals surface area contributed by atoms with E-state index in [-0.39, 0.29) is 23.1 Å². The molecule has 3 rings (SSSR count). The summed E-state index contributed by atoms with van der Waals surface area (Å²) in [6.45, 7) is 9.40. The van der Waals surface area contributed by atoms with Crippen LogP contribution in [-0.2, 0) is 15.2 Å². The number of aryl methyl sites for hydroxylation is 1. The molecule has 2 amide bonds. The van der Waals surface area contributed by atoms with E-state index in [2.05, 4.69) is 5.32 Å². The van der Waals surface area contributed by atoms with Gasteiger partial charge in [0, 0.05) is 23.5 Å². The summed E-state index contributed by atoms with van der Waals surface area (Å²) >= 11 is 6.02. The fraction of sp³-hybridized carbons (Fsp3) is 0.464. The lowest BCUT2D eigenvalue weighted by atomic mass is 9.66. The molecule has 2 atom stereocenters. The normalized spacial score (nSPS) is 19.8. The van der Waals surface area contributed by atoms with Crippen LogP contribution in [0.3, 0.4) is 0 Å². The number of para-hydroxylation sites is 1. The zero-order valence-corrected chi connectivity index (χ0v) is 22.6. The highest BCUT2D eigenvalue weighted by Gasteiger charge is 2.50. The standard InChI is InChI=1S/C28H35ClN2O6/c1-17(2)23(30-22(32)15-37-24-18(3)7-6-8-21(24)26(34)35)25(33)31-14-13-28(36,27(4,5)16-31)19-9-11-20(29)12-10-19/h6-12,17,23,36H,13-16H2,1-5H3,(H,30,32)(H,34,35)/t23-,28+/m1/s1. The number of nitrogens with one attached hydrogen (secondary N) is 1. The van der Waals surface area contributed by atoms with Gasteiger partial charge in [-0.2, -0.15) is 0 Å². The molecule has 1 aliphatic heterocycles. The van der Waals surface area contributed by atoms with Crippen LogP contribution in [0.2, 0.25) is 5.02 Å². The van der Waals surface area contributed by atoms with Crippen LogP contribution in [0, 0.1) is 18.3 Å². The minimum atomic E-state index is -1.15. The monoisotopic (exact) mass is 530 g/mol. The van der Waals surface area contributed by atoms with E-state index in [1.165, 1.54) is 6.07 Å². The Morgan fingerprint density at radius 1 is 1.14 bits per heavy atom. The van der Waals surface area contributed by atoms with Crippen LogP contribution in [0.1, 0.15) is 55.6 Å². The summed E-state index contributed by atoms with van der Waals surface area (Å²) in [5, 5.41) is 24.3. The number of carbonyl (C=O) groups is 3. The summed E-state index contributed by atoms with van der Waals surface area (Å²) < 4.78 is 5.55. The molecule has 9 heteroatoms. The van der Waals surface area contributed by atoms with Gasteiger partial charge < -0.3 is 25.2 Å². The number of aromatic carboxylic acids is 1. The van der Waals surface area contributed by atoms with E-state index in [4.69, 9.17) is 16.3 Å². The van der Waals surface area contributed by atoms with Crippen molar-refractivity contribution in [2.75, 3.05) is 19.7 Å². The number of halogens is 1. The average molecular weight is 531 g/mol. The minimum absolute atomic E-state index is 0.0343. The molecule has 3 N–H and O–H groups in total. The Labute approximate surface area is 222 Å². The van der Waals surface area contributed by atoms with Crippen LogP contribution in [0.25, 0.3) is 0 Å². The highest BCUT2D eigenvalue weighted by molar-refractivity contribution is 6.30. The van der Waals surface area contributed by atoms with Gasteiger partial charge in [-0.1, -0.05) is 63.6 Å². The second kappa shape index (κ2) is 11.1. The number of rotatable bonds is 8. The third kappa shape index (κ3) is 6.08. The van der Waals surface area contributed by atoms with Gasteiger partial charge in [-0.3, -0.25) is 9.59 Å². The summed E-state index contributed by atoms with van der Waals surface area (Å²) in [7, 11) is 0. The van der Waals surface area contributed by atoms with E-state index >= 15 is 0 Å². The fourth-order valence-electron chi connectivity index (χ4n) is 4.85. The molecular formula is C28H35ClN2O6. The Morgan fingerprint density at radius 3 is 2.35 bits per heavy atom. The molecule has 0 radical (unpaired) electrons. The summed E-state index contributed by atoms with van der Waals surface area (Å²) in [6, 6.07) is 11.0. The zero-order valence-electron chi connectivity index (χ0n) is 21.9. The van der Waals surface area contributed by atoms with Crippen LogP contribution < -0.4 is 10.1 Å². The molecule has 0 bridgehead atoms. The number of piperidine rings is 1. The number of nitrogens with zero attached hydrogens (tertiary/aromatic N) is 1. The van der Waals surface area contributed by atoms with Gasteiger partial charge in [0.1, 0.15) is 17.4 Å². The van der Waals surface area contributed by atoms with E-state index in [9.17, 15) is 24.6 Å². The molecule has 0 aliphatic carbocycles. The lowest BCUT2D eigenvalue weighted by Crippen LogP contribution is -2.60. The molecule has 1 heterocycles. The maximum absolute atomic E-state index is 13.5. The van der Waals surface area contributed by atoms with Crippen LogP contribution in [0.5, 0.6) is 5.75 Å². The number of amides is 2. The smallest absolute Gasteiger partial charge is 0.339 e. The fourth-order valence-corrected chi connectivity index (χ4v) is 4.97. The van der Waals surface area contributed by atoms with Crippen LogP contribution in [-0.4, -0.2) is 58.6 Å². The lowest BCUT2D eigenvalue weighted by molar-refractivity contribution is -0.156. The molecule has 1 fully saturated rings. The van der Waals surface area contributed by atoms with Crippen molar-refractivity contribution in [2.45, 2.75) is 52.7 Å². The Bertz CT molecular complexity index is 1160. The van der Waals surface area contributed by atoms with Gasteiger partial charge in [-0.25, -0.2) is 4.79 Å². The Balaban J connectivity index is 1.69. The van der Waals surface area contributed by atoms with Gasteiger partial charge in [0.25, 0.3) is 5.91 Å². The van der Waals surface area contributed by atoms with E-state index < -0.39 is 35.5 Å². The van der Waals surface area contributed by atoms with Crippen LogP contribution in [0.15, 0.2) is 42.5 Å². The van der Waals surface area contributed by atoms with Gasteiger partial charge in [0.15, 0.2) is 6.61 Å². The molecule has 1 saturated heterocycles. The quantitative estimate of drug-likeness (QED) is 0.475. The number of carbonyl (C=O) groups excluding carboxylic acids is 2. The first-order chi connectivity index (χ1) is 17.3. The number of benzene rings is 2.